The SMILES string of the molecule is CCCc1ccc(C(=O)OOC2CCCCC2CC)cc1. The van der Waals surface area contributed by atoms with Crippen molar-refractivity contribution in [2.24, 2.45) is 5.92 Å². The summed E-state index contributed by atoms with van der Waals surface area (Å²) in [5.74, 6) is 0.122. The van der Waals surface area contributed by atoms with E-state index in [4.69, 9.17) is 9.78 Å². The van der Waals surface area contributed by atoms with Gasteiger partial charge in [0.15, 0.2) is 0 Å². The Kier molecular flexibility index (Phi) is 6.24. The van der Waals surface area contributed by atoms with Crippen LogP contribution in [0.1, 0.15) is 68.3 Å². The lowest BCUT2D eigenvalue weighted by Gasteiger charge is -2.28. The van der Waals surface area contributed by atoms with Gasteiger partial charge >= 0.3 is 5.97 Å². The van der Waals surface area contributed by atoms with E-state index >= 15 is 0 Å². The highest BCUT2D eigenvalue weighted by molar-refractivity contribution is 5.88. The third-order valence-corrected chi connectivity index (χ3v) is 4.34. The predicted molar refractivity (Wildman–Crippen MR) is 83.0 cm³/mol. The molecular weight excluding hydrogens is 264 g/mol. The fourth-order valence-corrected chi connectivity index (χ4v) is 3.02. The molecule has 1 saturated carbocycles. The Morgan fingerprint density at radius 2 is 1.86 bits per heavy atom. The molecule has 3 nitrogen and oxygen atoms in total. The Morgan fingerprint density at radius 3 is 2.52 bits per heavy atom. The van der Waals surface area contributed by atoms with Crippen LogP contribution in [0.15, 0.2) is 24.3 Å². The number of aryl methyl sites for hydroxylation is 1. The van der Waals surface area contributed by atoms with Gasteiger partial charge in [-0.25, -0.2) is 4.79 Å². The summed E-state index contributed by atoms with van der Waals surface area (Å²) in [6, 6.07) is 7.59. The van der Waals surface area contributed by atoms with Crippen molar-refractivity contribution in [2.45, 2.75) is 64.9 Å². The van der Waals surface area contributed by atoms with Crippen molar-refractivity contribution in [1.82, 2.24) is 0 Å². The van der Waals surface area contributed by atoms with Gasteiger partial charge in [0.2, 0.25) is 0 Å². The molecule has 1 aromatic rings. The Balaban J connectivity index is 1.85. The topological polar surface area (TPSA) is 35.5 Å². The molecule has 21 heavy (non-hydrogen) atoms. The highest BCUT2D eigenvalue weighted by atomic mass is 17.2. The van der Waals surface area contributed by atoms with Crippen molar-refractivity contribution >= 4 is 5.97 Å². The molecular formula is C18H26O3. The van der Waals surface area contributed by atoms with Gasteiger partial charge in [0.25, 0.3) is 0 Å². The van der Waals surface area contributed by atoms with Gasteiger partial charge in [-0.2, -0.15) is 4.89 Å². The summed E-state index contributed by atoms with van der Waals surface area (Å²) in [5, 5.41) is 0. The molecule has 0 saturated heterocycles. The van der Waals surface area contributed by atoms with Crippen molar-refractivity contribution in [2.75, 3.05) is 0 Å². The van der Waals surface area contributed by atoms with E-state index in [0.29, 0.717) is 11.5 Å². The van der Waals surface area contributed by atoms with E-state index in [2.05, 4.69) is 13.8 Å². The molecule has 0 amide bonds. The lowest BCUT2D eigenvalue weighted by atomic mass is 9.85. The van der Waals surface area contributed by atoms with Crippen LogP contribution < -0.4 is 0 Å². The molecule has 1 aliphatic rings. The molecule has 0 spiro atoms. The van der Waals surface area contributed by atoms with E-state index in [1.165, 1.54) is 18.4 Å². The summed E-state index contributed by atoms with van der Waals surface area (Å²) >= 11 is 0. The molecule has 0 aliphatic heterocycles. The monoisotopic (exact) mass is 290 g/mol. The van der Waals surface area contributed by atoms with E-state index in [0.717, 1.165) is 32.1 Å². The molecule has 116 valence electrons. The first-order chi connectivity index (χ1) is 10.2. The maximum Gasteiger partial charge on any atom is 0.373 e. The minimum Gasteiger partial charge on any atom is -0.293 e. The van der Waals surface area contributed by atoms with Gasteiger partial charge in [0, 0.05) is 0 Å². The Labute approximate surface area is 127 Å². The summed E-state index contributed by atoms with van der Waals surface area (Å²) in [6.45, 7) is 4.31. The van der Waals surface area contributed by atoms with Crippen LogP contribution in [0, 0.1) is 5.92 Å². The smallest absolute Gasteiger partial charge is 0.293 e. The second-order valence-corrected chi connectivity index (χ2v) is 5.91. The average Bonchev–Trinajstić information content (AvgIpc) is 2.54. The van der Waals surface area contributed by atoms with Crippen LogP contribution in [0.3, 0.4) is 0 Å². The van der Waals surface area contributed by atoms with Crippen LogP contribution in [0.5, 0.6) is 0 Å². The zero-order chi connectivity index (χ0) is 15.1. The molecule has 1 aliphatic carbocycles. The highest BCUT2D eigenvalue weighted by Gasteiger charge is 2.26. The average molecular weight is 290 g/mol. The molecule has 3 heteroatoms. The number of carbonyl (C=O) groups is 1. The minimum absolute atomic E-state index is 0.0621. The lowest BCUT2D eigenvalue weighted by Crippen LogP contribution is -2.28. The summed E-state index contributed by atoms with van der Waals surface area (Å²) in [6.07, 6.45) is 7.85. The Bertz CT molecular complexity index is 438. The van der Waals surface area contributed by atoms with Gasteiger partial charge in [-0.1, -0.05) is 51.7 Å². The third-order valence-electron chi connectivity index (χ3n) is 4.34. The van der Waals surface area contributed by atoms with Gasteiger partial charge in [-0.05, 0) is 42.9 Å². The molecule has 0 heterocycles. The third kappa shape index (κ3) is 4.57. The predicted octanol–water partition coefficient (Wildman–Crippen LogP) is 4.70. The summed E-state index contributed by atoms with van der Waals surface area (Å²) in [4.78, 5) is 22.5. The van der Waals surface area contributed by atoms with Crippen LogP contribution >= 0.6 is 0 Å². The minimum atomic E-state index is -0.390. The van der Waals surface area contributed by atoms with E-state index < -0.39 is 5.97 Å². The molecule has 0 N–H and O–H groups in total. The summed E-state index contributed by atoms with van der Waals surface area (Å²) < 4.78 is 0. The second-order valence-electron chi connectivity index (χ2n) is 5.91. The lowest BCUT2D eigenvalue weighted by molar-refractivity contribution is -0.290. The maximum absolute atomic E-state index is 12.0. The normalized spacial score (nSPS) is 22.0. The van der Waals surface area contributed by atoms with Gasteiger partial charge in [0.1, 0.15) is 6.10 Å². The molecule has 0 aromatic heterocycles. The molecule has 2 atom stereocenters. The van der Waals surface area contributed by atoms with Crippen molar-refractivity contribution in [1.29, 1.82) is 0 Å². The zero-order valence-corrected chi connectivity index (χ0v) is 13.1. The first kappa shape index (κ1) is 16.0. The fourth-order valence-electron chi connectivity index (χ4n) is 3.02. The molecule has 1 aromatic carbocycles. The van der Waals surface area contributed by atoms with E-state index in [1.54, 1.807) is 0 Å². The largest absolute Gasteiger partial charge is 0.373 e. The quantitative estimate of drug-likeness (QED) is 0.563. The van der Waals surface area contributed by atoms with Crippen molar-refractivity contribution in [3.05, 3.63) is 35.4 Å². The molecule has 1 fully saturated rings. The van der Waals surface area contributed by atoms with Crippen LogP contribution in [-0.4, -0.2) is 12.1 Å². The molecule has 2 unspecified atom stereocenters. The number of hydrogen-bond acceptors (Lipinski definition) is 3. The number of carbonyl (C=O) groups excluding carboxylic acids is 1. The van der Waals surface area contributed by atoms with Crippen molar-refractivity contribution < 1.29 is 14.6 Å². The number of rotatable bonds is 6. The van der Waals surface area contributed by atoms with Gasteiger partial charge in [-0.15, -0.1) is 0 Å². The molecule has 0 radical (unpaired) electrons. The molecule has 2 rings (SSSR count). The van der Waals surface area contributed by atoms with E-state index in [9.17, 15) is 4.79 Å². The fraction of sp³-hybridized carbons (Fsp3) is 0.611. The van der Waals surface area contributed by atoms with Crippen LogP contribution in [0.25, 0.3) is 0 Å². The standard InChI is InChI=1S/C18H26O3/c1-3-7-14-10-12-16(13-11-14)18(19)21-20-17-9-6-5-8-15(17)4-2/h10-13,15,17H,3-9H2,1-2H3. The van der Waals surface area contributed by atoms with E-state index in [-0.39, 0.29) is 6.10 Å². The van der Waals surface area contributed by atoms with Gasteiger partial charge in [0.05, 0.1) is 5.56 Å². The first-order valence-electron chi connectivity index (χ1n) is 8.21. The number of benzene rings is 1. The number of hydrogen-bond donors (Lipinski definition) is 0. The Hall–Kier alpha value is -1.35. The van der Waals surface area contributed by atoms with Crippen LogP contribution in [-0.2, 0) is 16.2 Å². The van der Waals surface area contributed by atoms with Crippen LogP contribution in [0.4, 0.5) is 0 Å². The second kappa shape index (κ2) is 8.18. The van der Waals surface area contributed by atoms with Crippen molar-refractivity contribution in [3.8, 4) is 0 Å². The summed E-state index contributed by atoms with van der Waals surface area (Å²) in [5.41, 5.74) is 1.80. The van der Waals surface area contributed by atoms with Gasteiger partial charge in [-0.3, -0.25) is 4.89 Å². The molecule has 0 bridgehead atoms. The first-order valence-corrected chi connectivity index (χ1v) is 8.21. The van der Waals surface area contributed by atoms with Gasteiger partial charge < -0.3 is 0 Å². The Morgan fingerprint density at radius 1 is 1.14 bits per heavy atom. The zero-order valence-electron chi connectivity index (χ0n) is 13.1. The summed E-state index contributed by atoms with van der Waals surface area (Å²) in [7, 11) is 0. The van der Waals surface area contributed by atoms with E-state index in [1.807, 2.05) is 24.3 Å². The van der Waals surface area contributed by atoms with Crippen molar-refractivity contribution in [3.63, 3.8) is 0 Å². The van der Waals surface area contributed by atoms with Crippen LogP contribution in [0.2, 0.25) is 0 Å². The maximum atomic E-state index is 12.0. The highest BCUT2D eigenvalue weighted by Crippen LogP contribution is 2.29.